The number of allylic oxidation sites excluding steroid dienone is 4. The smallest absolute Gasteiger partial charge is 0.360 e. The number of hydrogen-bond donors (Lipinski definition) is 6. The summed E-state index contributed by atoms with van der Waals surface area (Å²) in [5, 5.41) is 13.2. The molecule has 2 atom stereocenters. The molecular formula is C54H40N4O18S4. The average Bonchev–Trinajstić information content (AvgIpc) is 3.52. The van der Waals surface area contributed by atoms with E-state index in [9.17, 15) is 51.9 Å². The second kappa shape index (κ2) is 20.7. The highest BCUT2D eigenvalue weighted by Crippen LogP contribution is 2.49. The summed E-state index contributed by atoms with van der Waals surface area (Å²) >= 11 is 0. The number of benzene rings is 8. The largest absolute Gasteiger partial charge is 0.446 e. The van der Waals surface area contributed by atoms with Crippen molar-refractivity contribution >= 4 is 119 Å². The molecule has 8 aromatic rings. The zero-order valence-electron chi connectivity index (χ0n) is 40.8. The van der Waals surface area contributed by atoms with Crippen molar-refractivity contribution in [3.63, 3.8) is 0 Å². The van der Waals surface area contributed by atoms with E-state index in [4.69, 9.17) is 16.7 Å². The second-order valence-electron chi connectivity index (χ2n) is 18.0. The fourth-order valence-electron chi connectivity index (χ4n) is 9.44. The monoisotopic (exact) mass is 1160 g/mol. The molecule has 8 aromatic carbocycles. The van der Waals surface area contributed by atoms with Gasteiger partial charge in [0.2, 0.25) is 0 Å². The average molecular weight is 1160 g/mol. The molecule has 2 aliphatic rings. The van der Waals surface area contributed by atoms with Crippen molar-refractivity contribution in [2.45, 2.75) is 23.9 Å². The Kier molecular flexibility index (Phi) is 14.1. The van der Waals surface area contributed by atoms with Crippen LogP contribution in [0.1, 0.15) is 24.0 Å². The van der Waals surface area contributed by atoms with Crippen LogP contribution in [0.25, 0.3) is 54.2 Å². The topological polar surface area (TPSA) is 337 Å². The summed E-state index contributed by atoms with van der Waals surface area (Å²) in [5.74, 6) is -4.18. The number of fused-ring (bicyclic) bond motifs is 4. The molecule has 22 nitrogen and oxygen atoms in total. The second-order valence-corrected chi connectivity index (χ2v) is 22.1. The van der Waals surface area contributed by atoms with Crippen molar-refractivity contribution < 1.29 is 78.2 Å². The maximum atomic E-state index is 15.4. The van der Waals surface area contributed by atoms with E-state index in [1.807, 2.05) is 24.3 Å². The van der Waals surface area contributed by atoms with Crippen LogP contribution in [0.3, 0.4) is 0 Å². The predicted octanol–water partition coefficient (Wildman–Crippen LogP) is 9.62. The molecule has 0 fully saturated rings. The van der Waals surface area contributed by atoms with E-state index in [0.717, 1.165) is 11.1 Å². The van der Waals surface area contributed by atoms with Crippen LogP contribution in [0.4, 0.5) is 11.4 Å². The highest BCUT2D eigenvalue weighted by Gasteiger charge is 2.43. The summed E-state index contributed by atoms with van der Waals surface area (Å²) in [7, 11) is -21.2. The van der Waals surface area contributed by atoms with Gasteiger partial charge in [-0.15, -0.1) is 0 Å². The molecule has 6 N–H and O–H groups in total. The fraction of sp³-hybridized carbons (Fsp3) is 0.0741. The third-order valence-electron chi connectivity index (χ3n) is 12.9. The number of carbonyl (C=O) groups is 2. The number of rotatable bonds is 16. The van der Waals surface area contributed by atoms with E-state index < -0.39 is 87.5 Å². The molecule has 0 aliphatic heterocycles. The van der Waals surface area contributed by atoms with E-state index in [-0.39, 0.29) is 67.3 Å². The van der Waals surface area contributed by atoms with Gasteiger partial charge in [-0.1, -0.05) is 158 Å². The van der Waals surface area contributed by atoms with Crippen molar-refractivity contribution in [2.24, 2.45) is 10.2 Å². The number of carbonyl (C=O) groups excluding carboxylic acids is 2. The maximum absolute atomic E-state index is 15.4. The Hall–Kier alpha value is -8.86. The van der Waals surface area contributed by atoms with Crippen molar-refractivity contribution in [3.05, 3.63) is 193 Å². The highest BCUT2D eigenvalue weighted by atomic mass is 32.3. The van der Waals surface area contributed by atoms with Crippen molar-refractivity contribution in [3.8, 4) is 23.0 Å². The summed E-state index contributed by atoms with van der Waals surface area (Å²) in [4.78, 5) is 30.7. The summed E-state index contributed by atoms with van der Waals surface area (Å²) < 4.78 is 159. The van der Waals surface area contributed by atoms with Gasteiger partial charge >= 0.3 is 41.6 Å². The predicted molar refractivity (Wildman–Crippen MR) is 296 cm³/mol. The van der Waals surface area contributed by atoms with Crippen LogP contribution in [-0.2, 0) is 51.2 Å². The van der Waals surface area contributed by atoms with Gasteiger partial charge in [0.05, 0.1) is 22.1 Å². The molecule has 2 aliphatic carbocycles. The third kappa shape index (κ3) is 11.4. The lowest BCUT2D eigenvalue weighted by atomic mass is 9.85. The van der Waals surface area contributed by atoms with Crippen LogP contribution in [-0.4, -0.2) is 74.8 Å². The SMILES string of the molecule is O=C(Nc1cccc2c(OS(=O)(=O)O)c3ccccc3c(OS(=O)(=O)O)c12)C1(N=NC2(C(=O)Nc3cccc4c(OS(=O)(=O)O)c5ccccc5c(OS(=O)(=O)O)c34)C=CC(c3ccccc3)=CC2)C=CC(c2ccccc2)=CC1. The van der Waals surface area contributed by atoms with E-state index >= 15 is 9.59 Å². The quantitative estimate of drug-likeness (QED) is 0.0298. The maximum Gasteiger partial charge on any atom is 0.446 e. The number of anilines is 2. The molecule has 80 heavy (non-hydrogen) atoms. The molecular weight excluding hydrogens is 1120 g/mol. The molecule has 0 aromatic heterocycles. The number of nitrogens with one attached hydrogen (secondary N) is 2. The van der Waals surface area contributed by atoms with Crippen LogP contribution in [0, 0.1) is 0 Å². The summed E-state index contributed by atoms with van der Waals surface area (Å²) in [6.45, 7) is 0. The third-order valence-corrected chi connectivity index (χ3v) is 14.4. The lowest BCUT2D eigenvalue weighted by molar-refractivity contribution is -0.121. The number of azo groups is 1. The summed E-state index contributed by atoms with van der Waals surface area (Å²) in [6.07, 6.45) is 8.80. The van der Waals surface area contributed by atoms with E-state index in [1.54, 1.807) is 60.7 Å². The molecule has 0 bridgehead atoms. The van der Waals surface area contributed by atoms with Crippen molar-refractivity contribution in [1.29, 1.82) is 0 Å². The van der Waals surface area contributed by atoms with Crippen LogP contribution >= 0.6 is 0 Å². The van der Waals surface area contributed by atoms with Gasteiger partial charge < -0.3 is 27.4 Å². The van der Waals surface area contributed by atoms with Gasteiger partial charge in [0, 0.05) is 45.2 Å². The van der Waals surface area contributed by atoms with Crippen molar-refractivity contribution in [2.75, 3.05) is 10.6 Å². The normalized spacial score (nSPS) is 17.8. The van der Waals surface area contributed by atoms with Crippen LogP contribution < -0.4 is 27.4 Å². The number of hydrogen-bond acceptors (Lipinski definition) is 16. The number of amides is 2. The first-order valence-corrected chi connectivity index (χ1v) is 28.9. The van der Waals surface area contributed by atoms with Gasteiger partial charge in [0.1, 0.15) is 0 Å². The first-order chi connectivity index (χ1) is 37.9. The van der Waals surface area contributed by atoms with E-state index in [1.165, 1.54) is 97.1 Å². The molecule has 2 unspecified atom stereocenters. The molecule has 0 radical (unpaired) electrons. The summed E-state index contributed by atoms with van der Waals surface area (Å²) in [6, 6.07) is 36.8. The lowest BCUT2D eigenvalue weighted by Gasteiger charge is -2.31. The minimum absolute atomic E-state index is 0.0988. The van der Waals surface area contributed by atoms with Gasteiger partial charge in [-0.3, -0.25) is 27.8 Å². The Morgan fingerprint density at radius 2 is 0.700 bits per heavy atom. The highest BCUT2D eigenvalue weighted by molar-refractivity contribution is 7.82. The number of nitrogens with zero attached hydrogens (tertiary/aromatic N) is 2. The Morgan fingerprint density at radius 3 is 1.01 bits per heavy atom. The first-order valence-electron chi connectivity index (χ1n) is 23.5. The van der Waals surface area contributed by atoms with Gasteiger partial charge in [0.15, 0.2) is 34.1 Å². The Morgan fingerprint density at radius 1 is 0.400 bits per heavy atom. The first kappa shape index (κ1) is 54.5. The molecule has 2 amide bonds. The fourth-order valence-corrected chi connectivity index (χ4v) is 11.0. The minimum atomic E-state index is -5.35. The van der Waals surface area contributed by atoms with Crippen LogP contribution in [0.5, 0.6) is 23.0 Å². The Labute approximate surface area is 455 Å². The standard InChI is InChI=1S/C54H40N4O18S4/c59-51(55-43-23-11-21-41-45(43)49(75-79(67,68)69)39-19-9-7-17-37(39)47(41)73-77(61,62)63)53(29-25-35(26-30-53)33-13-3-1-4-14-33)57-58-54(31-27-36(28-32-54)34-15-5-2-6-16-34)52(60)56-44-24-12-22-42-46(44)50(76-80(70,71)72)40-20-10-8-18-38(40)48(42)74-78(64,65)66/h1-29,31H,30,32H2,(H,55,59)(H,56,60)(H,61,62,63)(H,64,65,66)(H,67,68,69)(H,70,71,72). The van der Waals surface area contributed by atoms with Gasteiger partial charge in [-0.05, 0) is 46.6 Å². The molecule has 10 rings (SSSR count). The van der Waals surface area contributed by atoms with E-state index in [2.05, 4.69) is 20.9 Å². The van der Waals surface area contributed by atoms with Crippen molar-refractivity contribution in [1.82, 2.24) is 0 Å². The van der Waals surface area contributed by atoms with Gasteiger partial charge in [-0.25, -0.2) is 0 Å². The zero-order valence-corrected chi connectivity index (χ0v) is 44.0. The van der Waals surface area contributed by atoms with Crippen LogP contribution in [0.2, 0.25) is 0 Å². The Bertz CT molecular complexity index is 4250. The van der Waals surface area contributed by atoms with E-state index in [0.29, 0.717) is 11.1 Å². The molecule has 0 saturated heterocycles. The Balaban J connectivity index is 1.14. The molecule has 0 spiro atoms. The molecule has 26 heteroatoms. The lowest BCUT2D eigenvalue weighted by Crippen LogP contribution is -2.43. The minimum Gasteiger partial charge on any atom is -0.360 e. The molecule has 408 valence electrons. The zero-order chi connectivity index (χ0) is 56.8. The molecule has 0 saturated carbocycles. The van der Waals surface area contributed by atoms with Crippen LogP contribution in [0.15, 0.2) is 192 Å². The van der Waals surface area contributed by atoms with Gasteiger partial charge in [-0.2, -0.15) is 43.9 Å². The molecule has 0 heterocycles. The summed E-state index contributed by atoms with van der Waals surface area (Å²) in [5.41, 5.74) is -1.99. The van der Waals surface area contributed by atoms with Gasteiger partial charge in [0.25, 0.3) is 11.8 Å².